The van der Waals surface area contributed by atoms with Gasteiger partial charge in [-0.1, -0.05) is 18.2 Å². The summed E-state index contributed by atoms with van der Waals surface area (Å²) in [6.45, 7) is 5.43. The Balaban J connectivity index is 0.00000264. The summed E-state index contributed by atoms with van der Waals surface area (Å²) >= 11 is 0. The highest BCUT2D eigenvalue weighted by Crippen LogP contribution is 2.15. The Hall–Kier alpha value is -1.41. The molecule has 1 aromatic carbocycles. The van der Waals surface area contributed by atoms with Crippen LogP contribution in [0.4, 0.5) is 0 Å². The summed E-state index contributed by atoms with van der Waals surface area (Å²) in [5, 5.41) is 7.76. The molecular formula is C17H25IN4O. The maximum absolute atomic E-state index is 5.40. The fourth-order valence-corrected chi connectivity index (χ4v) is 2.08. The van der Waals surface area contributed by atoms with E-state index >= 15 is 0 Å². The molecule has 2 aromatic rings. The van der Waals surface area contributed by atoms with Crippen molar-refractivity contribution in [2.75, 3.05) is 20.7 Å². The van der Waals surface area contributed by atoms with Crippen LogP contribution in [0.1, 0.15) is 19.4 Å². The lowest BCUT2D eigenvalue weighted by atomic mass is 10.1. The molecule has 0 amide bonds. The van der Waals surface area contributed by atoms with E-state index in [0.29, 0.717) is 13.1 Å². The Morgan fingerprint density at radius 2 is 1.96 bits per heavy atom. The number of aromatic nitrogens is 1. The van der Waals surface area contributed by atoms with Crippen LogP contribution in [0.2, 0.25) is 0 Å². The molecule has 0 aliphatic heterocycles. The van der Waals surface area contributed by atoms with Gasteiger partial charge in [0, 0.05) is 38.8 Å². The van der Waals surface area contributed by atoms with Crippen LogP contribution in [0.25, 0.3) is 10.9 Å². The SMILES string of the molecule is CN=C(NCc1ccnc2ccccc12)NCC(C)(C)OC.I. The second kappa shape index (κ2) is 9.02. The summed E-state index contributed by atoms with van der Waals surface area (Å²) in [4.78, 5) is 8.62. The molecule has 5 nitrogen and oxygen atoms in total. The van der Waals surface area contributed by atoms with Gasteiger partial charge in [-0.05, 0) is 31.5 Å². The zero-order valence-electron chi connectivity index (χ0n) is 14.1. The second-order valence-electron chi connectivity index (χ2n) is 5.73. The molecule has 1 heterocycles. The Labute approximate surface area is 155 Å². The molecule has 2 rings (SSSR count). The van der Waals surface area contributed by atoms with E-state index in [-0.39, 0.29) is 29.6 Å². The minimum Gasteiger partial charge on any atom is -0.377 e. The molecule has 126 valence electrons. The fourth-order valence-electron chi connectivity index (χ4n) is 2.08. The van der Waals surface area contributed by atoms with Gasteiger partial charge in [0.25, 0.3) is 0 Å². The van der Waals surface area contributed by atoms with Crippen molar-refractivity contribution in [2.45, 2.75) is 26.0 Å². The maximum atomic E-state index is 5.40. The molecule has 0 bridgehead atoms. The van der Waals surface area contributed by atoms with Crippen molar-refractivity contribution < 1.29 is 4.74 Å². The topological polar surface area (TPSA) is 58.5 Å². The number of halogens is 1. The zero-order chi connectivity index (χ0) is 16.0. The molecule has 0 saturated heterocycles. The Morgan fingerprint density at radius 1 is 1.22 bits per heavy atom. The predicted molar refractivity (Wildman–Crippen MR) is 106 cm³/mol. The van der Waals surface area contributed by atoms with Gasteiger partial charge in [0.05, 0.1) is 11.1 Å². The van der Waals surface area contributed by atoms with Crippen LogP contribution in [-0.4, -0.2) is 37.2 Å². The summed E-state index contributed by atoms with van der Waals surface area (Å²) in [7, 11) is 3.47. The van der Waals surface area contributed by atoms with Crippen LogP contribution in [-0.2, 0) is 11.3 Å². The molecule has 0 aliphatic carbocycles. The summed E-state index contributed by atoms with van der Waals surface area (Å²) in [6, 6.07) is 10.2. The third-order valence-corrected chi connectivity index (χ3v) is 3.64. The van der Waals surface area contributed by atoms with Crippen molar-refractivity contribution >= 4 is 40.8 Å². The van der Waals surface area contributed by atoms with Crippen molar-refractivity contribution in [3.8, 4) is 0 Å². The van der Waals surface area contributed by atoms with Gasteiger partial charge in [-0.25, -0.2) is 0 Å². The average Bonchev–Trinajstić information content (AvgIpc) is 2.55. The number of hydrogen-bond donors (Lipinski definition) is 2. The fraction of sp³-hybridized carbons (Fsp3) is 0.412. The lowest BCUT2D eigenvalue weighted by molar-refractivity contribution is 0.0268. The molecule has 0 saturated carbocycles. The van der Waals surface area contributed by atoms with Crippen LogP contribution in [0, 0.1) is 0 Å². The highest BCUT2D eigenvalue weighted by Gasteiger charge is 2.16. The number of ether oxygens (including phenoxy) is 1. The average molecular weight is 428 g/mol. The van der Waals surface area contributed by atoms with Gasteiger partial charge in [-0.2, -0.15) is 0 Å². The lowest BCUT2D eigenvalue weighted by Crippen LogP contribution is -2.45. The van der Waals surface area contributed by atoms with E-state index in [9.17, 15) is 0 Å². The molecule has 0 radical (unpaired) electrons. The normalized spacial score (nSPS) is 11.9. The van der Waals surface area contributed by atoms with E-state index in [1.54, 1.807) is 14.2 Å². The Kier molecular flexibility index (Phi) is 7.70. The number of para-hydroxylation sites is 1. The molecule has 0 fully saturated rings. The summed E-state index contributed by atoms with van der Waals surface area (Å²) in [5.41, 5.74) is 1.96. The van der Waals surface area contributed by atoms with E-state index in [1.807, 2.05) is 44.3 Å². The molecular weight excluding hydrogens is 403 g/mol. The van der Waals surface area contributed by atoms with Gasteiger partial charge in [-0.15, -0.1) is 24.0 Å². The zero-order valence-corrected chi connectivity index (χ0v) is 16.4. The molecule has 23 heavy (non-hydrogen) atoms. The third-order valence-electron chi connectivity index (χ3n) is 3.64. The Bertz CT molecular complexity index is 653. The highest BCUT2D eigenvalue weighted by molar-refractivity contribution is 14.0. The minimum absolute atomic E-state index is 0. The summed E-state index contributed by atoms with van der Waals surface area (Å²) < 4.78 is 5.40. The van der Waals surface area contributed by atoms with Gasteiger partial charge < -0.3 is 15.4 Å². The van der Waals surface area contributed by atoms with Crippen LogP contribution >= 0.6 is 24.0 Å². The van der Waals surface area contributed by atoms with E-state index < -0.39 is 0 Å². The van der Waals surface area contributed by atoms with E-state index in [2.05, 4.69) is 26.7 Å². The van der Waals surface area contributed by atoms with Crippen LogP contribution < -0.4 is 10.6 Å². The van der Waals surface area contributed by atoms with Crippen LogP contribution in [0.15, 0.2) is 41.5 Å². The van der Waals surface area contributed by atoms with Gasteiger partial charge >= 0.3 is 0 Å². The van der Waals surface area contributed by atoms with E-state index in [0.717, 1.165) is 16.9 Å². The number of nitrogens with one attached hydrogen (secondary N) is 2. The van der Waals surface area contributed by atoms with Crippen LogP contribution in [0.5, 0.6) is 0 Å². The highest BCUT2D eigenvalue weighted by atomic mass is 127. The monoisotopic (exact) mass is 428 g/mol. The number of guanidine groups is 1. The first-order chi connectivity index (χ1) is 10.6. The molecule has 1 aromatic heterocycles. The first kappa shape index (κ1) is 19.6. The van der Waals surface area contributed by atoms with E-state index in [4.69, 9.17) is 4.74 Å². The van der Waals surface area contributed by atoms with Gasteiger partial charge in [0.1, 0.15) is 0 Å². The number of rotatable bonds is 5. The summed E-state index contributed by atoms with van der Waals surface area (Å²) in [6.07, 6.45) is 1.84. The molecule has 0 unspecified atom stereocenters. The lowest BCUT2D eigenvalue weighted by Gasteiger charge is -2.24. The molecule has 0 spiro atoms. The summed E-state index contributed by atoms with van der Waals surface area (Å²) in [5.74, 6) is 0.756. The number of nitrogens with zero attached hydrogens (tertiary/aromatic N) is 2. The number of aliphatic imine (C=N–C) groups is 1. The number of pyridine rings is 1. The third kappa shape index (κ3) is 5.62. The van der Waals surface area contributed by atoms with Gasteiger partial charge in [-0.3, -0.25) is 9.98 Å². The van der Waals surface area contributed by atoms with Crippen molar-refractivity contribution in [3.05, 3.63) is 42.1 Å². The number of benzene rings is 1. The van der Waals surface area contributed by atoms with Crippen LogP contribution in [0.3, 0.4) is 0 Å². The predicted octanol–water partition coefficient (Wildman–Crippen LogP) is 2.94. The quantitative estimate of drug-likeness (QED) is 0.437. The Morgan fingerprint density at radius 3 is 2.65 bits per heavy atom. The van der Waals surface area contributed by atoms with E-state index in [1.165, 1.54) is 5.56 Å². The number of hydrogen-bond acceptors (Lipinski definition) is 3. The maximum Gasteiger partial charge on any atom is 0.191 e. The van der Waals surface area contributed by atoms with Crippen molar-refractivity contribution in [1.82, 2.24) is 15.6 Å². The smallest absolute Gasteiger partial charge is 0.191 e. The van der Waals surface area contributed by atoms with Gasteiger partial charge in [0.15, 0.2) is 5.96 Å². The number of fused-ring (bicyclic) bond motifs is 1. The number of methoxy groups -OCH3 is 1. The minimum atomic E-state index is -0.235. The first-order valence-corrected chi connectivity index (χ1v) is 7.38. The van der Waals surface area contributed by atoms with Gasteiger partial charge in [0.2, 0.25) is 0 Å². The second-order valence-corrected chi connectivity index (χ2v) is 5.73. The molecule has 0 aliphatic rings. The largest absolute Gasteiger partial charge is 0.377 e. The van der Waals surface area contributed by atoms with Crippen molar-refractivity contribution in [3.63, 3.8) is 0 Å². The molecule has 0 atom stereocenters. The first-order valence-electron chi connectivity index (χ1n) is 7.38. The van der Waals surface area contributed by atoms with Crippen molar-refractivity contribution in [1.29, 1.82) is 0 Å². The molecule has 6 heteroatoms. The van der Waals surface area contributed by atoms with Crippen molar-refractivity contribution in [2.24, 2.45) is 4.99 Å². The standard InChI is InChI=1S/C17H24N4O.HI/c1-17(2,22-4)12-21-16(18-3)20-11-13-9-10-19-15-8-6-5-7-14(13)15;/h5-10H,11-12H2,1-4H3,(H2,18,20,21);1H. The molecule has 2 N–H and O–H groups in total.